The van der Waals surface area contributed by atoms with Crippen LogP contribution in [0, 0.1) is 10.8 Å². The molecule has 0 fully saturated rings. The molecule has 9 nitrogen and oxygen atoms in total. The first-order valence-electron chi connectivity index (χ1n) is 8.36. The van der Waals surface area contributed by atoms with Crippen molar-refractivity contribution in [3.8, 4) is 0 Å². The van der Waals surface area contributed by atoms with Gasteiger partial charge in [-0.05, 0) is 27.2 Å². The summed E-state index contributed by atoms with van der Waals surface area (Å²) in [5, 5.41) is 29.2. The lowest BCUT2D eigenvalue weighted by molar-refractivity contribution is -0.168. The average molecular weight is 386 g/mol. The highest BCUT2D eigenvalue weighted by molar-refractivity contribution is 6.31. The number of rotatable bonds is 14. The molecule has 27 heavy (non-hydrogen) atoms. The fraction of sp³-hybridized carbons (Fsp3) is 0.667. The molecule has 152 valence electrons. The molecule has 0 radical (unpaired) electrons. The summed E-state index contributed by atoms with van der Waals surface area (Å²) in [6.07, 6.45) is -3.17. The normalized spacial score (nSPS) is 11.8. The van der Waals surface area contributed by atoms with Gasteiger partial charge >= 0.3 is 0 Å². The Hall–Kier alpha value is -2.10. The van der Waals surface area contributed by atoms with Crippen molar-refractivity contribution in [3.63, 3.8) is 0 Å². The zero-order chi connectivity index (χ0) is 21.4. The van der Waals surface area contributed by atoms with E-state index in [2.05, 4.69) is 0 Å². The van der Waals surface area contributed by atoms with Crippen LogP contribution in [0.4, 0.5) is 0 Å². The summed E-state index contributed by atoms with van der Waals surface area (Å²) in [6, 6.07) is 0. The number of ketones is 6. The van der Waals surface area contributed by atoms with Gasteiger partial charge in [0.1, 0.15) is 17.3 Å². The highest BCUT2D eigenvalue weighted by atomic mass is 16.3. The van der Waals surface area contributed by atoms with Gasteiger partial charge in [-0.25, -0.2) is 0 Å². The summed E-state index contributed by atoms with van der Waals surface area (Å²) in [5.41, 5.74) is -4.98. The van der Waals surface area contributed by atoms with Crippen LogP contribution in [-0.4, -0.2) is 69.8 Å². The Balaban J connectivity index is 6.97. The van der Waals surface area contributed by atoms with E-state index in [-0.39, 0.29) is 0 Å². The highest BCUT2D eigenvalue weighted by Gasteiger charge is 2.64. The van der Waals surface area contributed by atoms with Crippen LogP contribution in [0.5, 0.6) is 0 Å². The number of aliphatic hydroxyl groups is 3. The van der Waals surface area contributed by atoms with Gasteiger partial charge in [0, 0.05) is 12.0 Å². The Kier molecular flexibility index (Phi) is 9.49. The van der Waals surface area contributed by atoms with Crippen molar-refractivity contribution < 1.29 is 44.1 Å². The molecule has 9 heteroatoms. The molecule has 0 aromatic heterocycles. The summed E-state index contributed by atoms with van der Waals surface area (Å²) < 4.78 is 0. The van der Waals surface area contributed by atoms with Crippen LogP contribution in [0.15, 0.2) is 0 Å². The van der Waals surface area contributed by atoms with Gasteiger partial charge in [0.05, 0.1) is 32.5 Å². The van der Waals surface area contributed by atoms with E-state index >= 15 is 0 Å². The fourth-order valence-electron chi connectivity index (χ4n) is 3.28. The largest absolute Gasteiger partial charge is 0.396 e. The molecule has 0 aromatic carbocycles. The third-order valence-corrected chi connectivity index (χ3v) is 4.47. The second kappa shape index (κ2) is 10.3. The standard InChI is InChI=1S/C18H26O9/c1-11(22)6-14(25)18(15(26)7-12(2)23,16(27)8-13(3)24)17(9-20,10-21)4-5-19/h19-21H,4-10H2,1-3H3. The lowest BCUT2D eigenvalue weighted by atomic mass is 9.54. The van der Waals surface area contributed by atoms with Crippen LogP contribution >= 0.6 is 0 Å². The molecular formula is C18H26O9. The van der Waals surface area contributed by atoms with E-state index in [1.54, 1.807) is 0 Å². The number of Topliss-reactive ketones (excluding diaryl/α,β-unsaturated/α-hetero) is 6. The van der Waals surface area contributed by atoms with Crippen molar-refractivity contribution in [2.75, 3.05) is 19.8 Å². The van der Waals surface area contributed by atoms with E-state index in [0.717, 1.165) is 20.8 Å². The van der Waals surface area contributed by atoms with Crippen molar-refractivity contribution in [3.05, 3.63) is 0 Å². The van der Waals surface area contributed by atoms with Crippen molar-refractivity contribution in [2.24, 2.45) is 10.8 Å². The van der Waals surface area contributed by atoms with Gasteiger partial charge in [0.15, 0.2) is 22.8 Å². The van der Waals surface area contributed by atoms with Crippen LogP contribution in [0.2, 0.25) is 0 Å². The Morgan fingerprint density at radius 1 is 0.630 bits per heavy atom. The molecule has 0 aromatic rings. The van der Waals surface area contributed by atoms with Crippen molar-refractivity contribution in [1.29, 1.82) is 0 Å². The molecule has 0 unspecified atom stereocenters. The molecule has 0 aliphatic heterocycles. The molecule has 0 rings (SSSR count). The smallest absolute Gasteiger partial charge is 0.162 e. The van der Waals surface area contributed by atoms with Crippen LogP contribution in [0.25, 0.3) is 0 Å². The molecule has 0 amide bonds. The van der Waals surface area contributed by atoms with E-state index < -0.39 is 91.0 Å². The predicted molar refractivity (Wildman–Crippen MR) is 91.7 cm³/mol. The lowest BCUT2D eigenvalue weighted by Gasteiger charge is -2.45. The average Bonchev–Trinajstić information content (AvgIpc) is 2.52. The molecular weight excluding hydrogens is 360 g/mol. The fourth-order valence-corrected chi connectivity index (χ4v) is 3.28. The van der Waals surface area contributed by atoms with Crippen LogP contribution in [0.3, 0.4) is 0 Å². The highest BCUT2D eigenvalue weighted by Crippen LogP contribution is 2.47. The summed E-state index contributed by atoms with van der Waals surface area (Å²) in [4.78, 5) is 73.4. The number of hydrogen-bond acceptors (Lipinski definition) is 9. The monoisotopic (exact) mass is 386 g/mol. The van der Waals surface area contributed by atoms with E-state index in [9.17, 15) is 44.1 Å². The summed E-state index contributed by atoms with van der Waals surface area (Å²) in [6.45, 7) is 0.274. The third kappa shape index (κ3) is 5.21. The van der Waals surface area contributed by atoms with Crippen LogP contribution in [-0.2, 0) is 28.8 Å². The maximum Gasteiger partial charge on any atom is 0.162 e. The van der Waals surface area contributed by atoms with Crippen LogP contribution < -0.4 is 0 Å². The minimum atomic E-state index is -2.80. The first-order valence-corrected chi connectivity index (χ1v) is 8.36. The van der Waals surface area contributed by atoms with Crippen molar-refractivity contribution in [2.45, 2.75) is 46.5 Å². The van der Waals surface area contributed by atoms with Gasteiger partial charge in [-0.2, -0.15) is 0 Å². The summed E-state index contributed by atoms with van der Waals surface area (Å²) in [7, 11) is 0. The third-order valence-electron chi connectivity index (χ3n) is 4.47. The predicted octanol–water partition coefficient (Wildman–Crippen LogP) is -1.03. The SMILES string of the molecule is CC(=O)CC(=O)C(C(=O)CC(C)=O)(C(=O)CC(C)=O)C(CO)(CO)CCO. The van der Waals surface area contributed by atoms with Gasteiger partial charge < -0.3 is 15.3 Å². The minimum Gasteiger partial charge on any atom is -0.396 e. The second-order valence-corrected chi connectivity index (χ2v) is 6.73. The van der Waals surface area contributed by atoms with Gasteiger partial charge in [-0.15, -0.1) is 0 Å². The quantitative estimate of drug-likeness (QED) is 0.317. The van der Waals surface area contributed by atoms with Gasteiger partial charge in [-0.3, -0.25) is 28.8 Å². The molecule has 3 N–H and O–H groups in total. The van der Waals surface area contributed by atoms with Crippen molar-refractivity contribution in [1.82, 2.24) is 0 Å². The summed E-state index contributed by atoms with van der Waals surface area (Å²) in [5.74, 6) is -5.73. The minimum absolute atomic E-state index is 0.545. The first kappa shape index (κ1) is 24.9. The topological polar surface area (TPSA) is 163 Å². The molecule has 0 aliphatic rings. The first-order chi connectivity index (χ1) is 12.4. The molecule has 0 aliphatic carbocycles. The second-order valence-electron chi connectivity index (χ2n) is 6.73. The Morgan fingerprint density at radius 2 is 0.926 bits per heavy atom. The maximum atomic E-state index is 13.0. The zero-order valence-electron chi connectivity index (χ0n) is 15.7. The molecule has 0 heterocycles. The molecule has 0 saturated heterocycles. The van der Waals surface area contributed by atoms with Gasteiger partial charge in [-0.1, -0.05) is 0 Å². The lowest BCUT2D eigenvalue weighted by Crippen LogP contribution is -2.62. The Morgan fingerprint density at radius 3 is 1.11 bits per heavy atom. The van der Waals surface area contributed by atoms with Gasteiger partial charge in [0.25, 0.3) is 0 Å². The van der Waals surface area contributed by atoms with Crippen LogP contribution in [0.1, 0.15) is 46.5 Å². The number of carbonyl (C=O) groups is 6. The molecule has 0 atom stereocenters. The number of carbonyl (C=O) groups excluding carboxylic acids is 6. The van der Waals surface area contributed by atoms with E-state index in [4.69, 9.17) is 0 Å². The number of hydrogen-bond donors (Lipinski definition) is 3. The Labute approximate surface area is 156 Å². The van der Waals surface area contributed by atoms with E-state index in [0.29, 0.717) is 0 Å². The molecule has 0 bridgehead atoms. The maximum absolute atomic E-state index is 13.0. The van der Waals surface area contributed by atoms with Crippen molar-refractivity contribution >= 4 is 34.7 Å². The number of aliphatic hydroxyl groups excluding tert-OH is 3. The molecule has 0 spiro atoms. The van der Waals surface area contributed by atoms with E-state index in [1.165, 1.54) is 0 Å². The zero-order valence-corrected chi connectivity index (χ0v) is 15.7. The molecule has 0 saturated carbocycles. The summed E-state index contributed by atoms with van der Waals surface area (Å²) >= 11 is 0. The van der Waals surface area contributed by atoms with E-state index in [1.807, 2.05) is 0 Å². The van der Waals surface area contributed by atoms with Gasteiger partial charge in [0.2, 0.25) is 0 Å². The Bertz CT molecular complexity index is 559.